The third kappa shape index (κ3) is 0.823. The first-order chi connectivity index (χ1) is 5.87. The fourth-order valence-corrected chi connectivity index (χ4v) is 4.23. The first-order valence-electron chi connectivity index (χ1n) is 5.60. The van der Waals surface area contributed by atoms with E-state index in [1.165, 1.54) is 19.3 Å². The van der Waals surface area contributed by atoms with Crippen molar-refractivity contribution in [2.75, 3.05) is 0 Å². The van der Waals surface area contributed by atoms with Gasteiger partial charge in [0, 0.05) is 0 Å². The maximum atomic E-state index is 10.8. The van der Waals surface area contributed by atoms with Crippen molar-refractivity contribution < 1.29 is 5.11 Å². The molecule has 1 N–H and O–H groups in total. The summed E-state index contributed by atoms with van der Waals surface area (Å²) in [5.74, 6) is 0.752. The fourth-order valence-electron chi connectivity index (χ4n) is 4.23. The predicted molar refractivity (Wildman–Crippen MR) is 54.5 cm³/mol. The minimum absolute atomic E-state index is 0.134. The third-order valence-corrected chi connectivity index (χ3v) is 5.34. The molecule has 0 saturated heterocycles. The van der Waals surface area contributed by atoms with Crippen LogP contribution in [-0.4, -0.2) is 10.7 Å². The van der Waals surface area contributed by atoms with E-state index in [2.05, 4.69) is 27.7 Å². The van der Waals surface area contributed by atoms with Crippen LogP contribution in [0.5, 0.6) is 0 Å². The molecule has 1 nitrogen and oxygen atoms in total. The summed E-state index contributed by atoms with van der Waals surface area (Å²) in [7, 11) is 0. The van der Waals surface area contributed by atoms with E-state index < -0.39 is 5.60 Å². The van der Waals surface area contributed by atoms with Gasteiger partial charge >= 0.3 is 0 Å². The second-order valence-corrected chi connectivity index (χ2v) is 5.94. The molecule has 2 rings (SSSR count). The zero-order chi connectivity index (χ0) is 9.91. The van der Waals surface area contributed by atoms with Crippen molar-refractivity contribution in [3.05, 3.63) is 0 Å². The van der Waals surface area contributed by atoms with Gasteiger partial charge < -0.3 is 5.11 Å². The van der Waals surface area contributed by atoms with Gasteiger partial charge in [-0.15, -0.1) is 0 Å². The number of rotatable bonds is 1. The van der Waals surface area contributed by atoms with Gasteiger partial charge in [-0.3, -0.25) is 0 Å². The zero-order valence-corrected chi connectivity index (χ0v) is 9.35. The van der Waals surface area contributed by atoms with E-state index in [0.29, 0.717) is 0 Å². The monoisotopic (exact) mass is 182 g/mol. The first kappa shape index (κ1) is 9.51. The van der Waals surface area contributed by atoms with E-state index in [9.17, 15) is 5.11 Å². The summed E-state index contributed by atoms with van der Waals surface area (Å²) < 4.78 is 0. The highest BCUT2D eigenvalue weighted by molar-refractivity contribution is 5.17. The molecule has 13 heavy (non-hydrogen) atoms. The zero-order valence-electron chi connectivity index (χ0n) is 9.35. The van der Waals surface area contributed by atoms with Crippen LogP contribution in [0, 0.1) is 16.7 Å². The molecule has 0 radical (unpaired) electrons. The van der Waals surface area contributed by atoms with E-state index in [1.54, 1.807) is 0 Å². The van der Waals surface area contributed by atoms with Gasteiger partial charge in [-0.2, -0.15) is 0 Å². The Morgan fingerprint density at radius 3 is 2.23 bits per heavy atom. The Morgan fingerprint density at radius 2 is 1.92 bits per heavy atom. The van der Waals surface area contributed by atoms with Gasteiger partial charge in [0.25, 0.3) is 0 Å². The second-order valence-electron chi connectivity index (χ2n) is 5.94. The number of hydrogen-bond acceptors (Lipinski definition) is 1. The molecule has 3 atom stereocenters. The average molecular weight is 182 g/mol. The Bertz CT molecular complexity index is 227. The lowest BCUT2D eigenvalue weighted by Gasteiger charge is -2.50. The van der Waals surface area contributed by atoms with Gasteiger partial charge in [-0.05, 0) is 42.4 Å². The Hall–Kier alpha value is -0.0400. The maximum Gasteiger partial charge on any atom is 0.0751 e. The van der Waals surface area contributed by atoms with E-state index in [-0.39, 0.29) is 10.8 Å². The Kier molecular flexibility index (Phi) is 1.69. The van der Waals surface area contributed by atoms with Gasteiger partial charge in [0.1, 0.15) is 0 Å². The molecule has 2 saturated carbocycles. The largest absolute Gasteiger partial charge is 0.389 e. The van der Waals surface area contributed by atoms with E-state index >= 15 is 0 Å². The molecule has 0 aromatic carbocycles. The van der Waals surface area contributed by atoms with Crippen LogP contribution in [0.1, 0.15) is 53.4 Å². The van der Waals surface area contributed by atoms with Crippen LogP contribution in [0.3, 0.4) is 0 Å². The van der Waals surface area contributed by atoms with E-state index in [0.717, 1.165) is 12.3 Å². The van der Waals surface area contributed by atoms with E-state index in [1.807, 2.05) is 0 Å². The van der Waals surface area contributed by atoms with Crippen molar-refractivity contribution in [1.82, 2.24) is 0 Å². The SMILES string of the molecule is CC[C@]1(O)C(C)(C)[C@H]2CC[C@@]1(C)C2. The summed E-state index contributed by atoms with van der Waals surface area (Å²) in [6, 6.07) is 0. The summed E-state index contributed by atoms with van der Waals surface area (Å²) in [5.41, 5.74) is -0.0758. The van der Waals surface area contributed by atoms with Gasteiger partial charge in [0.05, 0.1) is 5.60 Å². The molecule has 0 aromatic rings. The molecule has 0 amide bonds. The molecule has 0 unspecified atom stereocenters. The first-order valence-corrected chi connectivity index (χ1v) is 5.60. The quantitative estimate of drug-likeness (QED) is 0.661. The minimum Gasteiger partial charge on any atom is -0.389 e. The van der Waals surface area contributed by atoms with Gasteiger partial charge in [-0.25, -0.2) is 0 Å². The highest BCUT2D eigenvalue weighted by Crippen LogP contribution is 2.68. The summed E-state index contributed by atoms with van der Waals surface area (Å²) in [6.45, 7) is 8.93. The highest BCUT2D eigenvalue weighted by Gasteiger charge is 2.67. The lowest BCUT2D eigenvalue weighted by Crippen LogP contribution is -2.53. The van der Waals surface area contributed by atoms with Crippen LogP contribution < -0.4 is 0 Å². The maximum absolute atomic E-state index is 10.8. The van der Waals surface area contributed by atoms with Crippen molar-refractivity contribution in [3.8, 4) is 0 Å². The standard InChI is InChI=1S/C12H22O/c1-5-12(13)10(2,3)9-6-7-11(12,4)8-9/h9,13H,5-8H2,1-4H3/t9-,11-,12-/m0/s1. The van der Waals surface area contributed by atoms with Crippen molar-refractivity contribution in [1.29, 1.82) is 0 Å². The molecule has 2 aliphatic rings. The van der Waals surface area contributed by atoms with Crippen molar-refractivity contribution in [2.45, 2.75) is 59.0 Å². The molecule has 1 heteroatoms. The topological polar surface area (TPSA) is 20.2 Å². The smallest absolute Gasteiger partial charge is 0.0751 e. The van der Waals surface area contributed by atoms with Crippen molar-refractivity contribution >= 4 is 0 Å². The normalized spacial score (nSPS) is 52.8. The van der Waals surface area contributed by atoms with Crippen molar-refractivity contribution in [2.24, 2.45) is 16.7 Å². The van der Waals surface area contributed by atoms with Crippen molar-refractivity contribution in [3.63, 3.8) is 0 Å². The lowest BCUT2D eigenvalue weighted by atomic mass is 9.59. The molecule has 0 spiro atoms. The number of fused-ring (bicyclic) bond motifs is 2. The molecule has 0 aromatic heterocycles. The third-order valence-electron chi connectivity index (χ3n) is 5.34. The Morgan fingerprint density at radius 1 is 1.31 bits per heavy atom. The van der Waals surface area contributed by atoms with E-state index in [4.69, 9.17) is 0 Å². The van der Waals surface area contributed by atoms with Crippen LogP contribution in [-0.2, 0) is 0 Å². The number of aliphatic hydroxyl groups is 1. The van der Waals surface area contributed by atoms with Gasteiger partial charge in [0.15, 0.2) is 0 Å². The van der Waals surface area contributed by atoms with Crippen LogP contribution in [0.2, 0.25) is 0 Å². The number of hydrogen-bond donors (Lipinski definition) is 1. The average Bonchev–Trinajstić information content (AvgIpc) is 2.51. The second kappa shape index (κ2) is 2.31. The van der Waals surface area contributed by atoms with Crippen LogP contribution in [0.15, 0.2) is 0 Å². The fraction of sp³-hybridized carbons (Fsp3) is 1.00. The van der Waals surface area contributed by atoms with Crippen LogP contribution in [0.4, 0.5) is 0 Å². The highest BCUT2D eigenvalue weighted by atomic mass is 16.3. The molecule has 0 aliphatic heterocycles. The van der Waals surface area contributed by atoms with Crippen LogP contribution in [0.25, 0.3) is 0 Å². The predicted octanol–water partition coefficient (Wildman–Crippen LogP) is 2.97. The lowest BCUT2D eigenvalue weighted by molar-refractivity contribution is -0.144. The van der Waals surface area contributed by atoms with Crippen LogP contribution >= 0.6 is 0 Å². The minimum atomic E-state index is -0.414. The Balaban J connectivity index is 2.45. The molecule has 0 heterocycles. The summed E-state index contributed by atoms with van der Waals surface area (Å²) in [6.07, 6.45) is 4.70. The summed E-state index contributed by atoms with van der Waals surface area (Å²) in [5, 5.41) is 10.8. The van der Waals surface area contributed by atoms with Gasteiger partial charge in [-0.1, -0.05) is 27.7 Å². The molecule has 76 valence electrons. The Labute approximate surface area is 81.5 Å². The molecule has 2 bridgehead atoms. The molecule has 2 aliphatic carbocycles. The molecule has 2 fully saturated rings. The summed E-state index contributed by atoms with van der Waals surface area (Å²) in [4.78, 5) is 0. The molecular formula is C12H22O. The molecular weight excluding hydrogens is 160 g/mol. The summed E-state index contributed by atoms with van der Waals surface area (Å²) >= 11 is 0. The van der Waals surface area contributed by atoms with Gasteiger partial charge in [0.2, 0.25) is 0 Å².